The fourth-order valence-electron chi connectivity index (χ4n) is 3.24. The van der Waals surface area contributed by atoms with Crippen LogP contribution in [0.1, 0.15) is 25.3 Å². The molecule has 6 heteroatoms. The Morgan fingerprint density at radius 2 is 2.08 bits per heavy atom. The molecule has 1 fully saturated rings. The van der Waals surface area contributed by atoms with Gasteiger partial charge in [0.05, 0.1) is 5.69 Å². The number of pyridine rings is 1. The molecule has 2 aliphatic rings. The Balaban J connectivity index is 1.55. The lowest BCUT2D eigenvalue weighted by molar-refractivity contribution is -0.134. The Bertz CT molecular complexity index is 820. The van der Waals surface area contributed by atoms with Gasteiger partial charge in [-0.2, -0.15) is 0 Å². The van der Waals surface area contributed by atoms with E-state index in [0.29, 0.717) is 18.0 Å². The van der Waals surface area contributed by atoms with Gasteiger partial charge in [0.15, 0.2) is 6.10 Å². The summed E-state index contributed by atoms with van der Waals surface area (Å²) in [6.45, 7) is 2.26. The van der Waals surface area contributed by atoms with Crippen LogP contribution >= 0.6 is 0 Å². The maximum absolute atomic E-state index is 13.0. The van der Waals surface area contributed by atoms with Crippen molar-refractivity contribution < 1.29 is 14.3 Å². The molecule has 1 saturated carbocycles. The molecule has 134 valence electrons. The Morgan fingerprint density at radius 1 is 1.27 bits per heavy atom. The van der Waals surface area contributed by atoms with E-state index in [0.717, 1.165) is 18.4 Å². The van der Waals surface area contributed by atoms with Crippen molar-refractivity contribution in [2.75, 3.05) is 11.4 Å². The highest BCUT2D eigenvalue weighted by molar-refractivity contribution is 6.03. The molecule has 1 aliphatic heterocycles. The number of hydrogen-bond acceptors (Lipinski definition) is 4. The number of fused-ring (bicyclic) bond motifs is 1. The van der Waals surface area contributed by atoms with Gasteiger partial charge in [-0.1, -0.05) is 18.2 Å². The lowest BCUT2D eigenvalue weighted by atomic mass is 10.2. The number of carbonyl (C=O) groups excluding carboxylic acids is 2. The first-order valence-electron chi connectivity index (χ1n) is 8.89. The first-order valence-corrected chi connectivity index (χ1v) is 8.89. The molecule has 1 atom stereocenters. The number of nitrogens with zero attached hydrogens (tertiary/aromatic N) is 3. The summed E-state index contributed by atoms with van der Waals surface area (Å²) in [7, 11) is 0. The van der Waals surface area contributed by atoms with Crippen LogP contribution in [0.5, 0.6) is 5.75 Å². The highest BCUT2D eigenvalue weighted by atomic mass is 16.5. The average Bonchev–Trinajstić information content (AvgIpc) is 3.49. The standard InChI is InChI=1S/C20H21N3O3/c1-14-20(25)23(17-6-2-3-7-18(17)26-14)13-19(24)22(16-8-9-16)12-15-5-4-10-21-11-15/h2-7,10-11,14,16H,8-9,12-13H2,1H3. The van der Waals surface area contributed by atoms with Crippen LogP contribution in [0, 0.1) is 0 Å². The van der Waals surface area contributed by atoms with Gasteiger partial charge in [-0.3, -0.25) is 19.5 Å². The van der Waals surface area contributed by atoms with Crippen molar-refractivity contribution in [3.8, 4) is 5.75 Å². The van der Waals surface area contributed by atoms with Crippen LogP contribution in [-0.4, -0.2) is 40.4 Å². The minimum absolute atomic E-state index is 0.0281. The summed E-state index contributed by atoms with van der Waals surface area (Å²) < 4.78 is 5.65. The highest BCUT2D eigenvalue weighted by Gasteiger charge is 2.37. The molecule has 1 aliphatic carbocycles. The number of ether oxygens (including phenoxy) is 1. The minimum Gasteiger partial charge on any atom is -0.479 e. The molecular weight excluding hydrogens is 330 g/mol. The number of carbonyl (C=O) groups is 2. The quantitative estimate of drug-likeness (QED) is 0.830. The van der Waals surface area contributed by atoms with Crippen LogP contribution in [0.15, 0.2) is 48.8 Å². The third-order valence-electron chi connectivity index (χ3n) is 4.75. The normalized spacial score (nSPS) is 18.9. The van der Waals surface area contributed by atoms with E-state index >= 15 is 0 Å². The van der Waals surface area contributed by atoms with Crippen molar-refractivity contribution in [3.63, 3.8) is 0 Å². The Labute approximate surface area is 152 Å². The van der Waals surface area contributed by atoms with Crippen molar-refractivity contribution in [2.45, 2.75) is 38.5 Å². The molecule has 0 bridgehead atoms. The van der Waals surface area contributed by atoms with E-state index in [-0.39, 0.29) is 24.4 Å². The predicted octanol–water partition coefficient (Wildman–Crippen LogP) is 2.39. The summed E-state index contributed by atoms with van der Waals surface area (Å²) in [6.07, 6.45) is 4.93. The maximum Gasteiger partial charge on any atom is 0.268 e. The lowest BCUT2D eigenvalue weighted by Crippen LogP contribution is -2.49. The number of benzene rings is 1. The van der Waals surface area contributed by atoms with E-state index in [1.807, 2.05) is 41.3 Å². The molecule has 2 amide bonds. The number of amides is 2. The summed E-state index contributed by atoms with van der Waals surface area (Å²) in [5.74, 6) is 0.403. The van der Waals surface area contributed by atoms with Crippen molar-refractivity contribution >= 4 is 17.5 Å². The number of anilines is 1. The number of para-hydroxylation sites is 2. The number of hydrogen-bond donors (Lipinski definition) is 0. The largest absolute Gasteiger partial charge is 0.479 e. The van der Waals surface area contributed by atoms with E-state index < -0.39 is 6.10 Å². The topological polar surface area (TPSA) is 62.7 Å². The summed E-state index contributed by atoms with van der Waals surface area (Å²) in [6, 6.07) is 11.4. The first kappa shape index (κ1) is 16.6. The van der Waals surface area contributed by atoms with Crippen LogP contribution in [0.2, 0.25) is 0 Å². The van der Waals surface area contributed by atoms with E-state index in [1.54, 1.807) is 24.2 Å². The van der Waals surface area contributed by atoms with Crippen LogP contribution in [0.25, 0.3) is 0 Å². The molecule has 0 saturated heterocycles. The Hall–Kier alpha value is -2.89. The number of aromatic nitrogens is 1. The molecule has 0 N–H and O–H groups in total. The molecule has 26 heavy (non-hydrogen) atoms. The zero-order chi connectivity index (χ0) is 18.1. The predicted molar refractivity (Wildman–Crippen MR) is 96.7 cm³/mol. The molecule has 1 unspecified atom stereocenters. The molecular formula is C20H21N3O3. The van der Waals surface area contributed by atoms with Gasteiger partial charge in [-0.15, -0.1) is 0 Å². The summed E-state index contributed by atoms with van der Waals surface area (Å²) in [5, 5.41) is 0. The smallest absolute Gasteiger partial charge is 0.268 e. The monoisotopic (exact) mass is 351 g/mol. The highest BCUT2D eigenvalue weighted by Crippen LogP contribution is 2.34. The first-order chi connectivity index (χ1) is 12.6. The second kappa shape index (κ2) is 6.78. The summed E-state index contributed by atoms with van der Waals surface area (Å²) >= 11 is 0. The number of rotatable bonds is 5. The van der Waals surface area contributed by atoms with E-state index in [2.05, 4.69) is 4.98 Å². The maximum atomic E-state index is 13.0. The fourth-order valence-corrected chi connectivity index (χ4v) is 3.24. The van der Waals surface area contributed by atoms with E-state index in [1.165, 1.54) is 0 Å². The van der Waals surface area contributed by atoms with Gasteiger partial charge in [-0.05, 0) is 43.5 Å². The van der Waals surface area contributed by atoms with Gasteiger partial charge in [0.2, 0.25) is 5.91 Å². The molecule has 0 spiro atoms. The Kier molecular flexibility index (Phi) is 4.32. The van der Waals surface area contributed by atoms with Crippen LogP contribution in [0.4, 0.5) is 5.69 Å². The van der Waals surface area contributed by atoms with Gasteiger partial charge >= 0.3 is 0 Å². The molecule has 4 rings (SSSR count). The summed E-state index contributed by atoms with van der Waals surface area (Å²) in [5.41, 5.74) is 1.65. The van der Waals surface area contributed by atoms with Gasteiger partial charge in [0.25, 0.3) is 5.91 Å². The second-order valence-corrected chi connectivity index (χ2v) is 6.77. The molecule has 2 heterocycles. The fraction of sp³-hybridized carbons (Fsp3) is 0.350. The average molecular weight is 351 g/mol. The van der Waals surface area contributed by atoms with Gasteiger partial charge in [-0.25, -0.2) is 0 Å². The molecule has 0 radical (unpaired) electrons. The van der Waals surface area contributed by atoms with Crippen molar-refractivity contribution in [1.29, 1.82) is 0 Å². The van der Waals surface area contributed by atoms with Crippen LogP contribution < -0.4 is 9.64 Å². The third kappa shape index (κ3) is 3.27. The van der Waals surface area contributed by atoms with Gasteiger partial charge in [0.1, 0.15) is 12.3 Å². The second-order valence-electron chi connectivity index (χ2n) is 6.77. The van der Waals surface area contributed by atoms with E-state index in [9.17, 15) is 9.59 Å². The minimum atomic E-state index is -0.592. The van der Waals surface area contributed by atoms with E-state index in [4.69, 9.17) is 4.74 Å². The Morgan fingerprint density at radius 3 is 2.81 bits per heavy atom. The molecule has 1 aromatic carbocycles. The van der Waals surface area contributed by atoms with Crippen molar-refractivity contribution in [3.05, 3.63) is 54.4 Å². The summed E-state index contributed by atoms with van der Waals surface area (Å²) in [4.78, 5) is 33.2. The molecule has 1 aromatic heterocycles. The molecule has 2 aromatic rings. The van der Waals surface area contributed by atoms with Gasteiger partial charge in [0, 0.05) is 25.0 Å². The van der Waals surface area contributed by atoms with Crippen LogP contribution in [0.3, 0.4) is 0 Å². The lowest BCUT2D eigenvalue weighted by Gasteiger charge is -2.34. The van der Waals surface area contributed by atoms with Crippen molar-refractivity contribution in [1.82, 2.24) is 9.88 Å². The zero-order valence-corrected chi connectivity index (χ0v) is 14.7. The SMILES string of the molecule is CC1Oc2ccccc2N(CC(=O)N(Cc2cccnc2)C2CC2)C1=O. The van der Waals surface area contributed by atoms with Gasteiger partial charge < -0.3 is 9.64 Å². The molecule has 6 nitrogen and oxygen atoms in total. The third-order valence-corrected chi connectivity index (χ3v) is 4.75. The van der Waals surface area contributed by atoms with Crippen molar-refractivity contribution in [2.24, 2.45) is 0 Å². The van der Waals surface area contributed by atoms with Crippen LogP contribution in [-0.2, 0) is 16.1 Å². The zero-order valence-electron chi connectivity index (χ0n) is 14.7.